The highest BCUT2D eigenvalue weighted by Crippen LogP contribution is 2.08. The predicted molar refractivity (Wildman–Crippen MR) is 77.0 cm³/mol. The van der Waals surface area contributed by atoms with Crippen LogP contribution in [-0.4, -0.2) is 48.2 Å². The van der Waals surface area contributed by atoms with Crippen molar-refractivity contribution in [2.24, 2.45) is 10.9 Å². The monoisotopic (exact) mass is 279 g/mol. The number of ether oxygens (including phenoxy) is 1. The number of hydrogen-bond acceptors (Lipinski definition) is 4. The van der Waals surface area contributed by atoms with E-state index in [1.807, 2.05) is 13.8 Å². The molecule has 6 nitrogen and oxygen atoms in total. The van der Waals surface area contributed by atoms with Gasteiger partial charge >= 0.3 is 0 Å². The molecule has 0 aliphatic rings. The Kier molecular flexibility index (Phi) is 5.99. The van der Waals surface area contributed by atoms with Crippen molar-refractivity contribution in [1.82, 2.24) is 4.90 Å². The van der Waals surface area contributed by atoms with Gasteiger partial charge in [0.1, 0.15) is 0 Å². The van der Waals surface area contributed by atoms with Gasteiger partial charge in [0, 0.05) is 24.7 Å². The maximum atomic E-state index is 12.2. The average molecular weight is 279 g/mol. The van der Waals surface area contributed by atoms with Gasteiger partial charge in [0.05, 0.1) is 12.7 Å². The first-order valence-electron chi connectivity index (χ1n) is 6.40. The molecule has 0 atom stereocenters. The third kappa shape index (κ3) is 4.55. The Bertz CT molecular complexity index is 486. The van der Waals surface area contributed by atoms with E-state index in [4.69, 9.17) is 15.7 Å². The van der Waals surface area contributed by atoms with E-state index in [9.17, 15) is 4.79 Å². The lowest BCUT2D eigenvalue weighted by atomic mass is 10.1. The fraction of sp³-hybridized carbons (Fsp3) is 0.429. The van der Waals surface area contributed by atoms with Crippen molar-refractivity contribution in [1.29, 1.82) is 0 Å². The Hall–Kier alpha value is -2.08. The largest absolute Gasteiger partial charge is 0.409 e. The summed E-state index contributed by atoms with van der Waals surface area (Å²) in [6.45, 7) is 4.88. The van der Waals surface area contributed by atoms with E-state index in [1.54, 1.807) is 36.2 Å². The molecular weight excluding hydrogens is 258 g/mol. The van der Waals surface area contributed by atoms with Gasteiger partial charge in [-0.05, 0) is 26.0 Å². The van der Waals surface area contributed by atoms with E-state index in [0.29, 0.717) is 24.3 Å². The zero-order valence-corrected chi connectivity index (χ0v) is 12.0. The molecule has 1 rings (SSSR count). The van der Waals surface area contributed by atoms with E-state index in [1.165, 1.54) is 0 Å². The first-order chi connectivity index (χ1) is 9.45. The topological polar surface area (TPSA) is 88.2 Å². The van der Waals surface area contributed by atoms with Gasteiger partial charge in [-0.15, -0.1) is 0 Å². The highest BCUT2D eigenvalue weighted by molar-refractivity contribution is 6.01. The van der Waals surface area contributed by atoms with Crippen molar-refractivity contribution in [3.8, 4) is 0 Å². The van der Waals surface area contributed by atoms with Crippen LogP contribution in [0.25, 0.3) is 0 Å². The van der Waals surface area contributed by atoms with E-state index in [0.717, 1.165) is 0 Å². The second kappa shape index (κ2) is 7.49. The highest BCUT2D eigenvalue weighted by Gasteiger charge is 2.13. The lowest BCUT2D eigenvalue weighted by molar-refractivity contribution is 0.0532. The maximum absolute atomic E-state index is 12.2. The molecular formula is C14H21N3O3. The van der Waals surface area contributed by atoms with Gasteiger partial charge in [-0.25, -0.2) is 0 Å². The number of nitrogens with zero attached hydrogens (tertiary/aromatic N) is 2. The summed E-state index contributed by atoms with van der Waals surface area (Å²) >= 11 is 0. The molecule has 1 amide bonds. The molecule has 0 fully saturated rings. The molecule has 1 aromatic carbocycles. The second-order valence-electron chi connectivity index (χ2n) is 4.71. The molecule has 20 heavy (non-hydrogen) atoms. The Morgan fingerprint density at radius 1 is 1.45 bits per heavy atom. The highest BCUT2D eigenvalue weighted by atomic mass is 16.5. The van der Waals surface area contributed by atoms with Crippen LogP contribution in [0.1, 0.15) is 29.8 Å². The molecule has 0 aliphatic carbocycles. The number of likely N-dealkylation sites (N-methyl/N-ethyl adjacent to an activating group) is 1. The molecule has 6 heteroatoms. The van der Waals surface area contributed by atoms with E-state index >= 15 is 0 Å². The molecule has 0 aliphatic heterocycles. The Balaban J connectivity index is 2.71. The number of amides is 1. The molecule has 110 valence electrons. The first-order valence-corrected chi connectivity index (χ1v) is 6.40. The SMILES string of the molecule is CC(C)OCCN(C)C(=O)c1cccc(/C(N)=N/O)c1. The standard InChI is InChI=1S/C14H21N3O3/c1-10(2)20-8-7-17(3)14(18)12-6-4-5-11(9-12)13(15)16-19/h4-6,9-10,19H,7-8H2,1-3H3,(H2,15,16). The van der Waals surface area contributed by atoms with Crippen LogP contribution in [-0.2, 0) is 4.74 Å². The lowest BCUT2D eigenvalue weighted by Crippen LogP contribution is -2.31. The molecule has 0 heterocycles. The first kappa shape index (κ1) is 16.0. The number of benzene rings is 1. The summed E-state index contributed by atoms with van der Waals surface area (Å²) < 4.78 is 5.41. The molecule has 3 N–H and O–H groups in total. The van der Waals surface area contributed by atoms with Crippen LogP contribution in [0.2, 0.25) is 0 Å². The fourth-order valence-electron chi connectivity index (χ4n) is 1.62. The Morgan fingerprint density at radius 2 is 2.10 bits per heavy atom. The van der Waals surface area contributed by atoms with Crippen LogP contribution in [0, 0.1) is 0 Å². The molecule has 0 spiro atoms. The van der Waals surface area contributed by atoms with Gasteiger partial charge in [-0.2, -0.15) is 0 Å². The number of carbonyl (C=O) groups is 1. The van der Waals surface area contributed by atoms with Crippen LogP contribution in [0.5, 0.6) is 0 Å². The van der Waals surface area contributed by atoms with Crippen LogP contribution < -0.4 is 5.73 Å². The van der Waals surface area contributed by atoms with Crippen molar-refractivity contribution in [2.75, 3.05) is 20.2 Å². The van der Waals surface area contributed by atoms with E-state index < -0.39 is 0 Å². The smallest absolute Gasteiger partial charge is 0.253 e. The average Bonchev–Trinajstić information content (AvgIpc) is 2.45. The minimum Gasteiger partial charge on any atom is -0.409 e. The zero-order chi connectivity index (χ0) is 15.1. The molecule has 0 aromatic heterocycles. The summed E-state index contributed by atoms with van der Waals surface area (Å²) in [5.74, 6) is -0.157. The second-order valence-corrected chi connectivity index (χ2v) is 4.71. The number of carbonyl (C=O) groups excluding carboxylic acids is 1. The van der Waals surface area contributed by atoms with E-state index in [2.05, 4.69) is 5.16 Å². The van der Waals surface area contributed by atoms with Gasteiger partial charge in [0.15, 0.2) is 5.84 Å². The van der Waals surface area contributed by atoms with E-state index in [-0.39, 0.29) is 17.8 Å². The Labute approximate surface area is 118 Å². The van der Waals surface area contributed by atoms with Gasteiger partial charge in [0.2, 0.25) is 0 Å². The summed E-state index contributed by atoms with van der Waals surface area (Å²) in [5, 5.41) is 11.6. The van der Waals surface area contributed by atoms with Gasteiger partial charge in [-0.3, -0.25) is 4.79 Å². The summed E-state index contributed by atoms with van der Waals surface area (Å²) in [5.41, 5.74) is 6.50. The van der Waals surface area contributed by atoms with Crippen molar-refractivity contribution < 1.29 is 14.7 Å². The molecule has 0 unspecified atom stereocenters. The molecule has 0 radical (unpaired) electrons. The van der Waals surface area contributed by atoms with Crippen molar-refractivity contribution >= 4 is 11.7 Å². The normalized spacial score (nSPS) is 11.7. The van der Waals surface area contributed by atoms with Crippen LogP contribution in [0.4, 0.5) is 0 Å². The fourth-order valence-corrected chi connectivity index (χ4v) is 1.62. The molecule has 1 aromatic rings. The number of amidine groups is 1. The van der Waals surface area contributed by atoms with Crippen molar-refractivity contribution in [3.05, 3.63) is 35.4 Å². The van der Waals surface area contributed by atoms with Crippen LogP contribution in [0.15, 0.2) is 29.4 Å². The van der Waals surface area contributed by atoms with Crippen LogP contribution in [0.3, 0.4) is 0 Å². The van der Waals surface area contributed by atoms with Crippen molar-refractivity contribution in [2.45, 2.75) is 20.0 Å². The molecule has 0 saturated heterocycles. The molecule has 0 bridgehead atoms. The third-order valence-corrected chi connectivity index (χ3v) is 2.74. The predicted octanol–water partition coefficient (Wildman–Crippen LogP) is 1.28. The Morgan fingerprint density at radius 3 is 2.70 bits per heavy atom. The maximum Gasteiger partial charge on any atom is 0.253 e. The summed E-state index contributed by atoms with van der Waals surface area (Å²) in [7, 11) is 1.71. The summed E-state index contributed by atoms with van der Waals surface area (Å²) in [6.07, 6.45) is 0.141. The minimum absolute atomic E-state index is 0.0227. The number of rotatable bonds is 6. The minimum atomic E-state index is -0.134. The quantitative estimate of drug-likeness (QED) is 0.355. The number of hydrogen-bond donors (Lipinski definition) is 2. The summed E-state index contributed by atoms with van der Waals surface area (Å²) in [6, 6.07) is 6.65. The lowest BCUT2D eigenvalue weighted by Gasteiger charge is -2.18. The third-order valence-electron chi connectivity index (χ3n) is 2.74. The zero-order valence-electron chi connectivity index (χ0n) is 12.0. The number of nitrogens with two attached hydrogens (primary N) is 1. The van der Waals surface area contributed by atoms with Gasteiger partial charge in [-0.1, -0.05) is 17.3 Å². The number of oxime groups is 1. The molecule has 0 saturated carbocycles. The summed E-state index contributed by atoms with van der Waals surface area (Å²) in [4.78, 5) is 13.8. The van der Waals surface area contributed by atoms with Gasteiger partial charge < -0.3 is 20.6 Å². The van der Waals surface area contributed by atoms with Gasteiger partial charge in [0.25, 0.3) is 5.91 Å². The van der Waals surface area contributed by atoms with Crippen molar-refractivity contribution in [3.63, 3.8) is 0 Å². The van der Waals surface area contributed by atoms with Crippen LogP contribution >= 0.6 is 0 Å².